The van der Waals surface area contributed by atoms with Crippen LogP contribution in [0.25, 0.3) is 0 Å². The van der Waals surface area contributed by atoms with Crippen LogP contribution in [-0.2, 0) is 6.54 Å². The number of hydrogen-bond donors (Lipinski definition) is 0. The second kappa shape index (κ2) is 6.69. The Kier molecular flexibility index (Phi) is 5.22. The SMILES string of the molecule is CCN1CCCC1CN(C)Cc1ccc(Br)cc1. The van der Waals surface area contributed by atoms with E-state index in [9.17, 15) is 0 Å². The van der Waals surface area contributed by atoms with Crippen molar-refractivity contribution in [2.24, 2.45) is 0 Å². The Labute approximate surface area is 119 Å². The van der Waals surface area contributed by atoms with Gasteiger partial charge in [-0.3, -0.25) is 4.90 Å². The molecule has 0 saturated carbocycles. The summed E-state index contributed by atoms with van der Waals surface area (Å²) in [6.07, 6.45) is 2.73. The maximum atomic E-state index is 3.48. The highest BCUT2D eigenvalue weighted by Crippen LogP contribution is 2.18. The van der Waals surface area contributed by atoms with Gasteiger partial charge in [0.1, 0.15) is 0 Å². The highest BCUT2D eigenvalue weighted by Gasteiger charge is 2.23. The summed E-state index contributed by atoms with van der Waals surface area (Å²) in [5, 5.41) is 0. The lowest BCUT2D eigenvalue weighted by molar-refractivity contribution is 0.195. The molecule has 1 aromatic carbocycles. The van der Waals surface area contributed by atoms with Crippen molar-refractivity contribution in [2.45, 2.75) is 32.4 Å². The van der Waals surface area contributed by atoms with Gasteiger partial charge < -0.3 is 4.90 Å². The van der Waals surface area contributed by atoms with Crippen molar-refractivity contribution in [1.29, 1.82) is 0 Å². The van der Waals surface area contributed by atoms with Crippen LogP contribution in [0.5, 0.6) is 0 Å². The monoisotopic (exact) mass is 310 g/mol. The molecule has 1 unspecified atom stereocenters. The molecule has 0 aromatic heterocycles. The quantitative estimate of drug-likeness (QED) is 0.823. The molecule has 3 heteroatoms. The molecule has 1 aliphatic heterocycles. The minimum absolute atomic E-state index is 0.760. The van der Waals surface area contributed by atoms with Crippen LogP contribution in [0.15, 0.2) is 28.7 Å². The van der Waals surface area contributed by atoms with Crippen LogP contribution in [0, 0.1) is 0 Å². The summed E-state index contributed by atoms with van der Waals surface area (Å²) < 4.78 is 1.15. The van der Waals surface area contributed by atoms with Gasteiger partial charge >= 0.3 is 0 Å². The van der Waals surface area contributed by atoms with E-state index >= 15 is 0 Å². The van der Waals surface area contributed by atoms with Gasteiger partial charge in [0.25, 0.3) is 0 Å². The molecule has 1 fully saturated rings. The first-order chi connectivity index (χ1) is 8.69. The second-order valence-electron chi connectivity index (χ2n) is 5.25. The summed E-state index contributed by atoms with van der Waals surface area (Å²) in [7, 11) is 2.23. The lowest BCUT2D eigenvalue weighted by atomic mass is 10.2. The highest BCUT2D eigenvalue weighted by atomic mass is 79.9. The zero-order valence-corrected chi connectivity index (χ0v) is 13.0. The molecule has 100 valence electrons. The number of benzene rings is 1. The predicted octanol–water partition coefficient (Wildman–Crippen LogP) is 3.37. The van der Waals surface area contributed by atoms with Crippen LogP contribution < -0.4 is 0 Å². The molecule has 1 aliphatic rings. The zero-order chi connectivity index (χ0) is 13.0. The Morgan fingerprint density at radius 1 is 1.33 bits per heavy atom. The topological polar surface area (TPSA) is 6.48 Å². The summed E-state index contributed by atoms with van der Waals surface area (Å²) >= 11 is 3.48. The molecular weight excluding hydrogens is 288 g/mol. The van der Waals surface area contributed by atoms with E-state index in [1.165, 1.54) is 38.0 Å². The van der Waals surface area contributed by atoms with Gasteiger partial charge in [-0.2, -0.15) is 0 Å². The third-order valence-electron chi connectivity index (χ3n) is 3.79. The van der Waals surface area contributed by atoms with Gasteiger partial charge in [-0.15, -0.1) is 0 Å². The lowest BCUT2D eigenvalue weighted by Crippen LogP contribution is -2.38. The first kappa shape index (κ1) is 14.0. The van der Waals surface area contributed by atoms with Gasteiger partial charge in [-0.05, 0) is 50.7 Å². The van der Waals surface area contributed by atoms with E-state index in [1.807, 2.05) is 0 Å². The van der Waals surface area contributed by atoms with E-state index in [0.29, 0.717) is 0 Å². The maximum Gasteiger partial charge on any atom is 0.0231 e. The van der Waals surface area contributed by atoms with E-state index in [2.05, 4.69) is 64.0 Å². The maximum absolute atomic E-state index is 3.48. The molecule has 0 aliphatic carbocycles. The Bertz CT molecular complexity index is 363. The summed E-state index contributed by atoms with van der Waals surface area (Å²) in [4.78, 5) is 5.06. The third kappa shape index (κ3) is 3.81. The van der Waals surface area contributed by atoms with Gasteiger partial charge in [0, 0.05) is 23.6 Å². The molecule has 18 heavy (non-hydrogen) atoms. The molecule has 2 nitrogen and oxygen atoms in total. The third-order valence-corrected chi connectivity index (χ3v) is 4.32. The van der Waals surface area contributed by atoms with Crippen molar-refractivity contribution < 1.29 is 0 Å². The van der Waals surface area contributed by atoms with Gasteiger partial charge in [0.05, 0.1) is 0 Å². The number of likely N-dealkylation sites (tertiary alicyclic amines) is 1. The fraction of sp³-hybridized carbons (Fsp3) is 0.600. The van der Waals surface area contributed by atoms with Crippen LogP contribution >= 0.6 is 15.9 Å². The fourth-order valence-electron chi connectivity index (χ4n) is 2.84. The first-order valence-electron chi connectivity index (χ1n) is 6.86. The summed E-state index contributed by atoms with van der Waals surface area (Å²) in [6, 6.07) is 9.41. The number of rotatable bonds is 5. The summed E-state index contributed by atoms with van der Waals surface area (Å²) in [5.41, 5.74) is 1.39. The zero-order valence-electron chi connectivity index (χ0n) is 11.4. The van der Waals surface area contributed by atoms with Crippen molar-refractivity contribution in [3.05, 3.63) is 34.3 Å². The van der Waals surface area contributed by atoms with Crippen molar-refractivity contribution in [2.75, 3.05) is 26.7 Å². The summed E-state index contributed by atoms with van der Waals surface area (Å²) in [5.74, 6) is 0. The van der Waals surface area contributed by atoms with Crippen LogP contribution in [0.2, 0.25) is 0 Å². The Hall–Kier alpha value is -0.380. The van der Waals surface area contributed by atoms with E-state index in [-0.39, 0.29) is 0 Å². The number of hydrogen-bond acceptors (Lipinski definition) is 2. The van der Waals surface area contributed by atoms with Crippen molar-refractivity contribution in [3.8, 4) is 0 Å². The first-order valence-corrected chi connectivity index (χ1v) is 7.65. The molecule has 1 saturated heterocycles. The largest absolute Gasteiger partial charge is 0.301 e. The minimum atomic E-state index is 0.760. The van der Waals surface area contributed by atoms with Gasteiger partial charge in [-0.1, -0.05) is 35.0 Å². The Balaban J connectivity index is 1.84. The molecule has 1 aromatic rings. The molecular formula is C15H23BrN2. The lowest BCUT2D eigenvalue weighted by Gasteiger charge is -2.27. The molecule has 1 heterocycles. The molecule has 0 radical (unpaired) electrons. The molecule has 0 bridgehead atoms. The average Bonchev–Trinajstić information content (AvgIpc) is 2.79. The van der Waals surface area contributed by atoms with Crippen LogP contribution in [0.3, 0.4) is 0 Å². The normalized spacial score (nSPS) is 20.8. The van der Waals surface area contributed by atoms with Crippen molar-refractivity contribution >= 4 is 15.9 Å². The molecule has 0 N–H and O–H groups in total. The van der Waals surface area contributed by atoms with Crippen LogP contribution in [-0.4, -0.2) is 42.5 Å². The fourth-order valence-corrected chi connectivity index (χ4v) is 3.11. The molecule has 2 rings (SSSR count). The van der Waals surface area contributed by atoms with Crippen LogP contribution in [0.4, 0.5) is 0 Å². The highest BCUT2D eigenvalue weighted by molar-refractivity contribution is 9.10. The van der Waals surface area contributed by atoms with Crippen LogP contribution in [0.1, 0.15) is 25.3 Å². The molecule has 0 amide bonds. The number of likely N-dealkylation sites (N-methyl/N-ethyl adjacent to an activating group) is 2. The minimum Gasteiger partial charge on any atom is -0.301 e. The van der Waals surface area contributed by atoms with E-state index in [0.717, 1.165) is 17.1 Å². The number of nitrogens with zero attached hydrogens (tertiary/aromatic N) is 2. The van der Waals surface area contributed by atoms with Gasteiger partial charge in [-0.25, -0.2) is 0 Å². The Morgan fingerprint density at radius 2 is 2.06 bits per heavy atom. The van der Waals surface area contributed by atoms with Crippen molar-refractivity contribution in [1.82, 2.24) is 9.80 Å². The van der Waals surface area contributed by atoms with E-state index in [4.69, 9.17) is 0 Å². The van der Waals surface area contributed by atoms with Gasteiger partial charge in [0.15, 0.2) is 0 Å². The van der Waals surface area contributed by atoms with Crippen molar-refractivity contribution in [3.63, 3.8) is 0 Å². The molecule has 1 atom stereocenters. The predicted molar refractivity (Wildman–Crippen MR) is 80.7 cm³/mol. The van der Waals surface area contributed by atoms with E-state index < -0.39 is 0 Å². The van der Waals surface area contributed by atoms with Gasteiger partial charge in [0.2, 0.25) is 0 Å². The standard InChI is InChI=1S/C15H23BrN2/c1-3-18-10-4-5-15(18)12-17(2)11-13-6-8-14(16)9-7-13/h6-9,15H,3-5,10-12H2,1-2H3. The summed E-state index contributed by atoms with van der Waals surface area (Å²) in [6.45, 7) is 6.97. The van der Waals surface area contributed by atoms with E-state index in [1.54, 1.807) is 0 Å². The second-order valence-corrected chi connectivity index (χ2v) is 6.16. The smallest absolute Gasteiger partial charge is 0.0231 e. The number of halogens is 1. The Morgan fingerprint density at radius 3 is 2.72 bits per heavy atom. The average molecular weight is 311 g/mol. The molecule has 0 spiro atoms.